The molecule has 0 spiro atoms. The highest BCUT2D eigenvalue weighted by Crippen LogP contribution is 2.14. The Bertz CT molecular complexity index is 207. The lowest BCUT2D eigenvalue weighted by atomic mass is 10.2. The van der Waals surface area contributed by atoms with E-state index in [1.165, 1.54) is 0 Å². The minimum atomic E-state index is -0.723. The smallest absolute Gasteiger partial charge is 0.325 e. The Morgan fingerprint density at radius 2 is 2.18 bits per heavy atom. The first-order chi connectivity index (χ1) is 5.04. The second-order valence-electron chi connectivity index (χ2n) is 2.60. The molecule has 1 N–H and O–H groups in total. The summed E-state index contributed by atoms with van der Waals surface area (Å²) < 4.78 is 0. The topological polar surface area (TPSA) is 49.4 Å². The number of rotatable bonds is 0. The number of halogens is 1. The van der Waals surface area contributed by atoms with E-state index in [0.717, 1.165) is 4.90 Å². The summed E-state index contributed by atoms with van der Waals surface area (Å²) in [5.41, 5.74) is 0. The molecular weight excluding hydrogens is 168 g/mol. The van der Waals surface area contributed by atoms with Gasteiger partial charge in [0.05, 0.1) is 6.04 Å². The van der Waals surface area contributed by atoms with Crippen molar-refractivity contribution >= 4 is 23.0 Å². The van der Waals surface area contributed by atoms with E-state index in [9.17, 15) is 9.59 Å². The third kappa shape index (κ3) is 1.30. The van der Waals surface area contributed by atoms with Crippen molar-refractivity contribution in [3.05, 3.63) is 0 Å². The summed E-state index contributed by atoms with van der Waals surface area (Å²) in [6.07, 6.45) is 0. The van der Waals surface area contributed by atoms with Gasteiger partial charge in [-0.2, -0.15) is 0 Å². The summed E-state index contributed by atoms with van der Waals surface area (Å²) in [6.45, 7) is 3.59. The molecule has 62 valence electrons. The lowest BCUT2D eigenvalue weighted by molar-refractivity contribution is 0.204. The number of nitrogens with one attached hydrogen (secondary N) is 1. The number of hydrogen-bond donors (Lipinski definition) is 1. The molecule has 1 fully saturated rings. The van der Waals surface area contributed by atoms with Crippen molar-refractivity contribution in [1.29, 1.82) is 0 Å². The molecule has 0 bridgehead atoms. The molecule has 5 heteroatoms. The summed E-state index contributed by atoms with van der Waals surface area (Å²) in [4.78, 5) is 22.6. The fourth-order valence-electron chi connectivity index (χ4n) is 1.03. The van der Waals surface area contributed by atoms with Crippen molar-refractivity contribution in [2.75, 3.05) is 0 Å². The molecule has 0 aromatic rings. The molecule has 0 unspecified atom stereocenters. The fraction of sp³-hybridized carbons (Fsp3) is 0.667. The number of amides is 3. The van der Waals surface area contributed by atoms with Gasteiger partial charge in [0.2, 0.25) is 0 Å². The van der Waals surface area contributed by atoms with Crippen LogP contribution in [0, 0.1) is 0 Å². The molecule has 1 aliphatic heterocycles. The third-order valence-electron chi connectivity index (χ3n) is 1.89. The second kappa shape index (κ2) is 2.70. The van der Waals surface area contributed by atoms with E-state index in [1.807, 2.05) is 6.92 Å². The number of carbonyl (C=O) groups is 2. The molecule has 1 rings (SSSR count). The van der Waals surface area contributed by atoms with E-state index >= 15 is 0 Å². The largest absolute Gasteiger partial charge is 0.333 e. The van der Waals surface area contributed by atoms with Gasteiger partial charge >= 0.3 is 11.4 Å². The minimum absolute atomic E-state index is 0.0230. The summed E-state index contributed by atoms with van der Waals surface area (Å²) in [7, 11) is 0. The van der Waals surface area contributed by atoms with Crippen molar-refractivity contribution in [2.24, 2.45) is 0 Å². The number of nitrogens with zero attached hydrogens (tertiary/aromatic N) is 1. The van der Waals surface area contributed by atoms with Crippen LogP contribution in [0.15, 0.2) is 0 Å². The van der Waals surface area contributed by atoms with Crippen molar-refractivity contribution < 1.29 is 9.59 Å². The van der Waals surface area contributed by atoms with Crippen LogP contribution < -0.4 is 5.32 Å². The lowest BCUT2D eigenvalue weighted by Crippen LogP contribution is -2.35. The number of carbonyl (C=O) groups excluding carboxylic acids is 2. The van der Waals surface area contributed by atoms with Gasteiger partial charge in [0, 0.05) is 6.04 Å². The minimum Gasteiger partial charge on any atom is -0.333 e. The highest BCUT2D eigenvalue weighted by atomic mass is 35.5. The highest BCUT2D eigenvalue weighted by molar-refractivity contribution is 6.64. The highest BCUT2D eigenvalue weighted by Gasteiger charge is 2.36. The van der Waals surface area contributed by atoms with Crippen LogP contribution in [0.3, 0.4) is 0 Å². The molecule has 11 heavy (non-hydrogen) atoms. The van der Waals surface area contributed by atoms with Crippen LogP contribution >= 0.6 is 11.6 Å². The zero-order chi connectivity index (χ0) is 8.59. The Kier molecular flexibility index (Phi) is 2.04. The summed E-state index contributed by atoms with van der Waals surface area (Å²) in [6, 6.07) is -0.595. The van der Waals surface area contributed by atoms with Gasteiger partial charge in [0.25, 0.3) is 0 Å². The fourth-order valence-corrected chi connectivity index (χ4v) is 1.26. The first-order valence-corrected chi connectivity index (χ1v) is 3.71. The Morgan fingerprint density at radius 3 is 2.36 bits per heavy atom. The maximum absolute atomic E-state index is 10.9. The summed E-state index contributed by atoms with van der Waals surface area (Å²) in [5, 5.41) is 1.86. The third-order valence-corrected chi connectivity index (χ3v) is 2.07. The molecule has 0 aromatic heterocycles. The van der Waals surface area contributed by atoms with Gasteiger partial charge in [0.15, 0.2) is 0 Å². The van der Waals surface area contributed by atoms with Gasteiger partial charge < -0.3 is 5.32 Å². The average molecular weight is 177 g/mol. The normalized spacial score (nSPS) is 30.5. The number of urea groups is 1. The van der Waals surface area contributed by atoms with Crippen LogP contribution in [0.1, 0.15) is 13.8 Å². The van der Waals surface area contributed by atoms with Crippen molar-refractivity contribution in [2.45, 2.75) is 25.9 Å². The van der Waals surface area contributed by atoms with Gasteiger partial charge in [-0.05, 0) is 25.4 Å². The average Bonchev–Trinajstić information content (AvgIpc) is 2.07. The van der Waals surface area contributed by atoms with Crippen molar-refractivity contribution in [1.82, 2.24) is 10.2 Å². The molecule has 0 radical (unpaired) electrons. The van der Waals surface area contributed by atoms with E-state index in [-0.39, 0.29) is 12.1 Å². The van der Waals surface area contributed by atoms with Crippen LogP contribution in [0.2, 0.25) is 0 Å². The molecule has 0 aliphatic carbocycles. The van der Waals surface area contributed by atoms with Crippen LogP contribution in [0.4, 0.5) is 9.59 Å². The predicted molar refractivity (Wildman–Crippen MR) is 40.5 cm³/mol. The van der Waals surface area contributed by atoms with Crippen LogP contribution in [-0.2, 0) is 0 Å². The molecule has 4 nitrogen and oxygen atoms in total. The molecule has 1 saturated heterocycles. The predicted octanol–water partition coefficient (Wildman–Crippen LogP) is 1.15. The van der Waals surface area contributed by atoms with E-state index in [1.54, 1.807) is 6.92 Å². The molecule has 0 saturated carbocycles. The Morgan fingerprint density at radius 1 is 1.64 bits per heavy atom. The number of imide groups is 1. The quantitative estimate of drug-likeness (QED) is 0.445. The van der Waals surface area contributed by atoms with Gasteiger partial charge in [-0.25, -0.2) is 9.69 Å². The van der Waals surface area contributed by atoms with Gasteiger partial charge in [-0.15, -0.1) is 0 Å². The molecule has 3 amide bonds. The van der Waals surface area contributed by atoms with Crippen molar-refractivity contribution in [3.63, 3.8) is 0 Å². The van der Waals surface area contributed by atoms with E-state index in [0.29, 0.717) is 0 Å². The van der Waals surface area contributed by atoms with E-state index in [2.05, 4.69) is 5.32 Å². The molecular formula is C6H9ClN2O2. The summed E-state index contributed by atoms with van der Waals surface area (Å²) >= 11 is 5.17. The van der Waals surface area contributed by atoms with E-state index in [4.69, 9.17) is 11.6 Å². The van der Waals surface area contributed by atoms with Gasteiger partial charge in [-0.1, -0.05) is 0 Å². The lowest BCUT2D eigenvalue weighted by Gasteiger charge is -2.15. The zero-order valence-electron chi connectivity index (χ0n) is 6.30. The zero-order valence-corrected chi connectivity index (χ0v) is 7.05. The van der Waals surface area contributed by atoms with Crippen LogP contribution in [0.5, 0.6) is 0 Å². The maximum atomic E-state index is 10.9. The maximum Gasteiger partial charge on any atom is 0.325 e. The second-order valence-corrected chi connectivity index (χ2v) is 2.93. The van der Waals surface area contributed by atoms with Gasteiger partial charge in [-0.3, -0.25) is 4.79 Å². The first kappa shape index (κ1) is 8.33. The SMILES string of the molecule is C[C@@H]1[C@@H](C)NC(=O)N1C(=O)Cl. The molecule has 1 aliphatic rings. The van der Waals surface area contributed by atoms with Gasteiger partial charge in [0.1, 0.15) is 0 Å². The van der Waals surface area contributed by atoms with E-state index < -0.39 is 11.4 Å². The Hall–Kier alpha value is -0.770. The Labute approximate surface area is 69.5 Å². The van der Waals surface area contributed by atoms with Crippen LogP contribution in [-0.4, -0.2) is 28.4 Å². The first-order valence-electron chi connectivity index (χ1n) is 3.33. The molecule has 0 aromatic carbocycles. The summed E-state index contributed by atoms with van der Waals surface area (Å²) in [5.74, 6) is 0. The van der Waals surface area contributed by atoms with Crippen LogP contribution in [0.25, 0.3) is 0 Å². The Balaban J connectivity index is 2.79. The van der Waals surface area contributed by atoms with Crippen molar-refractivity contribution in [3.8, 4) is 0 Å². The monoisotopic (exact) mass is 176 g/mol. The standard InChI is InChI=1S/C6H9ClN2O2/c1-3-4(2)9(5(7)10)6(11)8-3/h3-4H,1-2H3,(H,8,11)/t3-,4-/m1/s1. The number of hydrogen-bond acceptors (Lipinski definition) is 2. The molecule has 2 atom stereocenters. The molecule has 1 heterocycles.